The van der Waals surface area contributed by atoms with Gasteiger partial charge in [0.25, 0.3) is 0 Å². The van der Waals surface area contributed by atoms with Gasteiger partial charge < -0.3 is 79.9 Å². The summed E-state index contributed by atoms with van der Waals surface area (Å²) >= 11 is 0. The lowest BCUT2D eigenvalue weighted by Gasteiger charge is -2.47. The Hall–Kier alpha value is -0.640. The van der Waals surface area contributed by atoms with Crippen LogP contribution in [0.4, 0.5) is 0 Å². The average Bonchev–Trinajstić information content (AvgIpc) is 2.88. The SMILES string of the molecule is C[C@H]1C([C@H](O)[C@H](O)CO)OC(O[C@@H]2C(O)[C@H](O[C@@H]3C(CO)O[C@@H](O)C(O)[C@H]3O)OC(CO)[C@@H]2O)C[C@H]1O. The maximum absolute atomic E-state index is 10.9. The molecule has 3 heterocycles. The fourth-order valence-electron chi connectivity index (χ4n) is 4.68. The fourth-order valence-corrected chi connectivity index (χ4v) is 4.68. The number of aliphatic hydroxyl groups excluding tert-OH is 11. The molecule has 16 nitrogen and oxygen atoms in total. The van der Waals surface area contributed by atoms with E-state index in [2.05, 4.69) is 0 Å². The van der Waals surface area contributed by atoms with E-state index in [1.807, 2.05) is 0 Å². The molecule has 6 unspecified atom stereocenters. The van der Waals surface area contributed by atoms with Gasteiger partial charge in [-0.2, -0.15) is 0 Å². The normalized spacial score (nSPS) is 49.0. The van der Waals surface area contributed by atoms with Crippen molar-refractivity contribution in [3.63, 3.8) is 0 Å². The minimum absolute atomic E-state index is 0.169. The van der Waals surface area contributed by atoms with Gasteiger partial charge in [-0.15, -0.1) is 0 Å². The van der Waals surface area contributed by atoms with Gasteiger partial charge in [0.2, 0.25) is 0 Å². The predicted molar refractivity (Wildman–Crippen MR) is 115 cm³/mol. The van der Waals surface area contributed by atoms with Crippen LogP contribution >= 0.6 is 0 Å². The van der Waals surface area contributed by atoms with Gasteiger partial charge in [0, 0.05) is 12.3 Å². The Morgan fingerprint density at radius 1 is 0.757 bits per heavy atom. The number of ether oxygens (including phenoxy) is 5. The molecule has 0 amide bonds. The molecular weight excluding hydrogens is 508 g/mol. The number of hydrogen-bond acceptors (Lipinski definition) is 16. The summed E-state index contributed by atoms with van der Waals surface area (Å²) < 4.78 is 27.3. The van der Waals surface area contributed by atoms with Crippen molar-refractivity contribution in [1.82, 2.24) is 0 Å². The molecule has 37 heavy (non-hydrogen) atoms. The van der Waals surface area contributed by atoms with E-state index >= 15 is 0 Å². The lowest BCUT2D eigenvalue weighted by Crippen LogP contribution is -2.65. The van der Waals surface area contributed by atoms with Crippen molar-refractivity contribution in [2.45, 2.75) is 105 Å². The molecule has 16 heteroatoms. The largest absolute Gasteiger partial charge is 0.394 e. The van der Waals surface area contributed by atoms with Crippen molar-refractivity contribution in [3.05, 3.63) is 0 Å². The van der Waals surface area contributed by atoms with Gasteiger partial charge in [-0.05, 0) is 0 Å². The Morgan fingerprint density at radius 3 is 2.00 bits per heavy atom. The van der Waals surface area contributed by atoms with Crippen LogP contribution in [0, 0.1) is 5.92 Å². The maximum Gasteiger partial charge on any atom is 0.187 e. The summed E-state index contributed by atoms with van der Waals surface area (Å²) in [5.74, 6) is -0.688. The summed E-state index contributed by atoms with van der Waals surface area (Å²) in [5, 5.41) is 110. The van der Waals surface area contributed by atoms with Crippen LogP contribution in [0.25, 0.3) is 0 Å². The molecule has 0 spiro atoms. The van der Waals surface area contributed by atoms with E-state index in [-0.39, 0.29) is 6.42 Å². The summed E-state index contributed by atoms with van der Waals surface area (Å²) in [6.07, 6.45) is -23.4. The second-order valence-electron chi connectivity index (χ2n) is 9.57. The molecular formula is C21H38O16. The molecule has 3 saturated heterocycles. The molecule has 0 aromatic rings. The van der Waals surface area contributed by atoms with Crippen LogP contribution < -0.4 is 0 Å². The summed E-state index contributed by atoms with van der Waals surface area (Å²) in [5.41, 5.74) is 0. The molecule has 0 radical (unpaired) electrons. The third-order valence-corrected chi connectivity index (χ3v) is 7.05. The van der Waals surface area contributed by atoms with Crippen molar-refractivity contribution in [2.24, 2.45) is 5.92 Å². The van der Waals surface area contributed by atoms with E-state index in [0.717, 1.165) is 0 Å². The molecule has 11 N–H and O–H groups in total. The summed E-state index contributed by atoms with van der Waals surface area (Å²) in [6, 6.07) is 0. The minimum atomic E-state index is -1.82. The smallest absolute Gasteiger partial charge is 0.187 e. The third-order valence-electron chi connectivity index (χ3n) is 7.05. The van der Waals surface area contributed by atoms with Crippen LogP contribution in [0.3, 0.4) is 0 Å². The first-order valence-electron chi connectivity index (χ1n) is 12.0. The van der Waals surface area contributed by atoms with E-state index in [1.54, 1.807) is 6.92 Å². The quantitative estimate of drug-likeness (QED) is 0.128. The van der Waals surface area contributed by atoms with Gasteiger partial charge >= 0.3 is 0 Å². The molecule has 0 aliphatic carbocycles. The van der Waals surface area contributed by atoms with E-state index in [4.69, 9.17) is 28.8 Å². The highest BCUT2D eigenvalue weighted by Gasteiger charge is 2.52. The Balaban J connectivity index is 1.76. The minimum Gasteiger partial charge on any atom is -0.394 e. The highest BCUT2D eigenvalue weighted by Crippen LogP contribution is 2.34. The Labute approximate surface area is 211 Å². The van der Waals surface area contributed by atoms with Crippen molar-refractivity contribution in [2.75, 3.05) is 19.8 Å². The lowest BCUT2D eigenvalue weighted by atomic mass is 9.87. The highest BCUT2D eigenvalue weighted by atomic mass is 16.7. The van der Waals surface area contributed by atoms with Gasteiger partial charge in [-0.25, -0.2) is 0 Å². The molecule has 0 aromatic carbocycles. The number of aliphatic hydroxyl groups is 11. The van der Waals surface area contributed by atoms with Crippen LogP contribution in [0.1, 0.15) is 13.3 Å². The molecule has 3 fully saturated rings. The molecule has 0 bridgehead atoms. The number of hydrogen-bond donors (Lipinski definition) is 11. The fraction of sp³-hybridized carbons (Fsp3) is 1.00. The zero-order chi connectivity index (χ0) is 27.6. The van der Waals surface area contributed by atoms with Crippen molar-refractivity contribution in [1.29, 1.82) is 0 Å². The van der Waals surface area contributed by atoms with Crippen LogP contribution in [0.2, 0.25) is 0 Å². The van der Waals surface area contributed by atoms with Crippen LogP contribution in [0.15, 0.2) is 0 Å². The first kappa shape index (κ1) is 30.9. The monoisotopic (exact) mass is 546 g/mol. The van der Waals surface area contributed by atoms with E-state index in [1.165, 1.54) is 0 Å². The first-order chi connectivity index (χ1) is 17.4. The topological polar surface area (TPSA) is 269 Å². The highest BCUT2D eigenvalue weighted by molar-refractivity contribution is 4.95. The Kier molecular flexibility index (Phi) is 11.0. The van der Waals surface area contributed by atoms with Crippen molar-refractivity contribution < 1.29 is 79.9 Å². The molecule has 3 aliphatic heterocycles. The Morgan fingerprint density at radius 2 is 1.41 bits per heavy atom. The van der Waals surface area contributed by atoms with Gasteiger partial charge in [-0.1, -0.05) is 6.92 Å². The third kappa shape index (κ3) is 6.58. The molecule has 218 valence electrons. The second-order valence-corrected chi connectivity index (χ2v) is 9.57. The molecule has 0 aromatic heterocycles. The molecule has 3 aliphatic rings. The van der Waals surface area contributed by atoms with Crippen molar-refractivity contribution in [3.8, 4) is 0 Å². The summed E-state index contributed by atoms with van der Waals surface area (Å²) in [4.78, 5) is 0. The molecule has 0 saturated carbocycles. The van der Waals surface area contributed by atoms with Crippen LogP contribution in [-0.4, -0.2) is 168 Å². The average molecular weight is 547 g/mol. The standard InChI is InChI=1S/C21H38O16/c1-6-7(25)2-11(35-17(6)12(27)8(26)3-22)36-19-13(28)9(4-23)34-21(16(19)31)37-18-10(5-24)33-20(32)15(30)14(18)29/h6-32H,2-5H2,1H3/t6-,7-,8-,9?,10?,11?,12-,13+,14-,15?,16?,17?,18-,19+,20-,21+/m1/s1. The summed E-state index contributed by atoms with van der Waals surface area (Å²) in [7, 11) is 0. The van der Waals surface area contributed by atoms with Gasteiger partial charge in [0.1, 0.15) is 61.0 Å². The summed E-state index contributed by atoms with van der Waals surface area (Å²) in [6.45, 7) is -0.753. The molecule has 3 rings (SSSR count). The van der Waals surface area contributed by atoms with E-state index in [9.17, 15) is 51.1 Å². The lowest BCUT2D eigenvalue weighted by molar-refractivity contribution is -0.371. The predicted octanol–water partition coefficient (Wildman–Crippen LogP) is -6.55. The van der Waals surface area contributed by atoms with E-state index < -0.39 is 118 Å². The van der Waals surface area contributed by atoms with Gasteiger partial charge in [-0.3, -0.25) is 0 Å². The first-order valence-corrected chi connectivity index (χ1v) is 12.0. The van der Waals surface area contributed by atoms with Crippen molar-refractivity contribution >= 4 is 0 Å². The maximum atomic E-state index is 10.9. The zero-order valence-corrected chi connectivity index (χ0v) is 20.0. The van der Waals surface area contributed by atoms with Crippen LogP contribution in [0.5, 0.6) is 0 Å². The van der Waals surface area contributed by atoms with E-state index in [0.29, 0.717) is 0 Å². The Bertz CT molecular complexity index is 699. The zero-order valence-electron chi connectivity index (χ0n) is 20.0. The van der Waals surface area contributed by atoms with Crippen LogP contribution in [-0.2, 0) is 23.7 Å². The number of rotatable bonds is 9. The van der Waals surface area contributed by atoms with Gasteiger partial charge in [0.15, 0.2) is 18.9 Å². The molecule has 16 atom stereocenters. The van der Waals surface area contributed by atoms with Gasteiger partial charge in [0.05, 0.1) is 32.0 Å². The second kappa shape index (κ2) is 13.1.